The van der Waals surface area contributed by atoms with E-state index in [4.69, 9.17) is 4.74 Å². The monoisotopic (exact) mass is 317 g/mol. The van der Waals surface area contributed by atoms with Gasteiger partial charge in [-0.25, -0.2) is 4.79 Å². The molecular formula is C18H23NO4. The maximum Gasteiger partial charge on any atom is 0.343 e. The predicted octanol–water partition coefficient (Wildman–Crippen LogP) is 1.20. The summed E-state index contributed by atoms with van der Waals surface area (Å²) >= 11 is 0. The molecule has 3 atom stereocenters. The van der Waals surface area contributed by atoms with E-state index >= 15 is 0 Å². The van der Waals surface area contributed by atoms with E-state index in [1.165, 1.54) is 0 Å². The topological polar surface area (TPSA) is 70.0 Å². The van der Waals surface area contributed by atoms with Gasteiger partial charge in [-0.2, -0.15) is 0 Å². The van der Waals surface area contributed by atoms with E-state index in [-0.39, 0.29) is 19.1 Å². The number of carbonyl (C=O) groups excluding carboxylic acids is 1. The summed E-state index contributed by atoms with van der Waals surface area (Å²) in [5, 5.41) is 20.8. The number of ether oxygens (including phenoxy) is 1. The molecule has 23 heavy (non-hydrogen) atoms. The zero-order valence-electron chi connectivity index (χ0n) is 13.3. The summed E-state index contributed by atoms with van der Waals surface area (Å²) in [4.78, 5) is 14.6. The number of esters is 1. The number of carbonyl (C=O) groups is 1. The lowest BCUT2D eigenvalue weighted by Gasteiger charge is -2.26. The van der Waals surface area contributed by atoms with Gasteiger partial charge in [-0.15, -0.1) is 0 Å². The Balaban J connectivity index is 1.67. The van der Waals surface area contributed by atoms with Crippen LogP contribution in [-0.4, -0.2) is 52.9 Å². The van der Waals surface area contributed by atoms with Crippen LogP contribution in [-0.2, 0) is 15.1 Å². The second-order valence-corrected chi connectivity index (χ2v) is 6.23. The van der Waals surface area contributed by atoms with Gasteiger partial charge in [-0.3, -0.25) is 4.90 Å². The molecule has 5 nitrogen and oxygen atoms in total. The van der Waals surface area contributed by atoms with Crippen molar-refractivity contribution < 1.29 is 19.7 Å². The summed E-state index contributed by atoms with van der Waals surface area (Å²) < 4.78 is 5.40. The SMILES string of the molecule is CC[C@@](O)(C(=O)OCC1=CCN2CC[C@@H](O)[C@@H]12)c1ccccc1. The van der Waals surface area contributed by atoms with Gasteiger partial charge in [0.05, 0.1) is 12.1 Å². The molecule has 124 valence electrons. The van der Waals surface area contributed by atoms with Crippen molar-refractivity contribution in [1.82, 2.24) is 4.90 Å². The lowest BCUT2D eigenvalue weighted by molar-refractivity contribution is -0.166. The van der Waals surface area contributed by atoms with Crippen molar-refractivity contribution in [2.45, 2.75) is 37.5 Å². The second kappa shape index (κ2) is 6.43. The standard InChI is InChI=1S/C18H23NO4/c1-2-18(22,14-6-4-3-5-7-14)17(21)23-12-13-8-10-19-11-9-15(20)16(13)19/h3-8,15-16,20,22H,2,9-12H2,1H3/t15-,16-,18+/m1/s1. The summed E-state index contributed by atoms with van der Waals surface area (Å²) in [6, 6.07) is 8.81. The van der Waals surface area contributed by atoms with Crippen molar-refractivity contribution >= 4 is 5.97 Å². The number of rotatable bonds is 5. The molecule has 0 unspecified atom stereocenters. The van der Waals surface area contributed by atoms with Crippen molar-refractivity contribution in [3.05, 3.63) is 47.5 Å². The van der Waals surface area contributed by atoms with E-state index in [2.05, 4.69) is 4.90 Å². The Labute approximate surface area is 136 Å². The molecule has 0 spiro atoms. The summed E-state index contributed by atoms with van der Waals surface area (Å²) in [6.45, 7) is 3.52. The van der Waals surface area contributed by atoms with Gasteiger partial charge in [-0.1, -0.05) is 43.3 Å². The summed E-state index contributed by atoms with van der Waals surface area (Å²) in [5.41, 5.74) is -0.167. The third kappa shape index (κ3) is 2.92. The highest BCUT2D eigenvalue weighted by atomic mass is 16.5. The van der Waals surface area contributed by atoms with Gasteiger partial charge < -0.3 is 14.9 Å². The van der Waals surface area contributed by atoms with Crippen LogP contribution in [0.1, 0.15) is 25.3 Å². The van der Waals surface area contributed by atoms with Gasteiger partial charge in [0.2, 0.25) is 0 Å². The van der Waals surface area contributed by atoms with Crippen molar-refractivity contribution in [2.24, 2.45) is 0 Å². The van der Waals surface area contributed by atoms with E-state index in [1.807, 2.05) is 12.1 Å². The van der Waals surface area contributed by atoms with Gasteiger partial charge in [0.1, 0.15) is 6.61 Å². The minimum atomic E-state index is -1.63. The van der Waals surface area contributed by atoms with E-state index < -0.39 is 17.7 Å². The molecule has 0 saturated carbocycles. The zero-order chi connectivity index (χ0) is 16.4. The molecule has 5 heteroatoms. The fourth-order valence-electron chi connectivity index (χ4n) is 3.47. The van der Waals surface area contributed by atoms with Crippen LogP contribution in [0.3, 0.4) is 0 Å². The quantitative estimate of drug-likeness (QED) is 0.631. The van der Waals surface area contributed by atoms with Gasteiger partial charge in [0.25, 0.3) is 0 Å². The Morgan fingerprint density at radius 3 is 2.83 bits per heavy atom. The third-order valence-corrected chi connectivity index (χ3v) is 4.91. The van der Waals surface area contributed by atoms with Crippen LogP contribution in [0, 0.1) is 0 Å². The Bertz CT molecular complexity index is 600. The van der Waals surface area contributed by atoms with Crippen LogP contribution < -0.4 is 0 Å². The smallest absolute Gasteiger partial charge is 0.343 e. The molecule has 1 fully saturated rings. The highest BCUT2D eigenvalue weighted by molar-refractivity contribution is 5.81. The number of fused-ring (bicyclic) bond motifs is 1. The number of aliphatic hydroxyl groups is 2. The number of benzene rings is 1. The molecule has 0 aromatic heterocycles. The van der Waals surface area contributed by atoms with E-state index in [9.17, 15) is 15.0 Å². The van der Waals surface area contributed by atoms with E-state index in [1.54, 1.807) is 31.2 Å². The first kappa shape index (κ1) is 16.2. The van der Waals surface area contributed by atoms with Crippen molar-refractivity contribution in [2.75, 3.05) is 19.7 Å². The number of nitrogens with zero attached hydrogens (tertiary/aromatic N) is 1. The number of hydrogen-bond donors (Lipinski definition) is 2. The number of hydrogen-bond acceptors (Lipinski definition) is 5. The van der Waals surface area contributed by atoms with Gasteiger partial charge in [0, 0.05) is 13.1 Å². The molecule has 1 saturated heterocycles. The van der Waals surface area contributed by atoms with Crippen molar-refractivity contribution in [1.29, 1.82) is 0 Å². The average Bonchev–Trinajstić information content (AvgIpc) is 3.16. The first-order valence-electron chi connectivity index (χ1n) is 8.12. The minimum absolute atomic E-state index is 0.0470. The maximum atomic E-state index is 12.5. The molecule has 2 aliphatic rings. The van der Waals surface area contributed by atoms with Crippen LogP contribution in [0.2, 0.25) is 0 Å². The molecule has 0 amide bonds. The molecular weight excluding hydrogens is 294 g/mol. The fraction of sp³-hybridized carbons (Fsp3) is 0.500. The highest BCUT2D eigenvalue weighted by Crippen LogP contribution is 2.31. The Hall–Kier alpha value is -1.69. The summed E-state index contributed by atoms with van der Waals surface area (Å²) in [5.74, 6) is -0.641. The summed E-state index contributed by atoms with van der Waals surface area (Å²) in [6.07, 6.45) is 2.60. The van der Waals surface area contributed by atoms with Crippen LogP contribution in [0.4, 0.5) is 0 Å². The Morgan fingerprint density at radius 1 is 1.39 bits per heavy atom. The van der Waals surface area contributed by atoms with E-state index in [0.29, 0.717) is 5.56 Å². The molecule has 0 bridgehead atoms. The molecule has 0 radical (unpaired) electrons. The lowest BCUT2D eigenvalue weighted by atomic mass is 9.91. The molecule has 2 heterocycles. The molecule has 1 aromatic rings. The highest BCUT2D eigenvalue weighted by Gasteiger charge is 2.41. The minimum Gasteiger partial charge on any atom is -0.459 e. The van der Waals surface area contributed by atoms with Crippen LogP contribution in [0.25, 0.3) is 0 Å². The predicted molar refractivity (Wildman–Crippen MR) is 85.7 cm³/mol. The molecule has 1 aromatic carbocycles. The fourth-order valence-corrected chi connectivity index (χ4v) is 3.47. The van der Waals surface area contributed by atoms with Crippen molar-refractivity contribution in [3.63, 3.8) is 0 Å². The molecule has 2 aliphatic heterocycles. The number of aliphatic hydroxyl groups excluding tert-OH is 1. The van der Waals surface area contributed by atoms with E-state index in [0.717, 1.165) is 25.1 Å². The summed E-state index contributed by atoms with van der Waals surface area (Å²) in [7, 11) is 0. The Morgan fingerprint density at radius 2 is 2.13 bits per heavy atom. The van der Waals surface area contributed by atoms with Crippen molar-refractivity contribution in [3.8, 4) is 0 Å². The second-order valence-electron chi connectivity index (χ2n) is 6.23. The van der Waals surface area contributed by atoms with Gasteiger partial charge >= 0.3 is 5.97 Å². The Kier molecular flexibility index (Phi) is 4.53. The maximum absolute atomic E-state index is 12.5. The third-order valence-electron chi connectivity index (χ3n) is 4.91. The molecule has 3 rings (SSSR count). The van der Waals surface area contributed by atoms with Crippen LogP contribution in [0.15, 0.2) is 42.0 Å². The molecule has 2 N–H and O–H groups in total. The van der Waals surface area contributed by atoms with Gasteiger partial charge in [-0.05, 0) is 24.0 Å². The first-order chi connectivity index (χ1) is 11.1. The average molecular weight is 317 g/mol. The first-order valence-corrected chi connectivity index (χ1v) is 8.12. The zero-order valence-corrected chi connectivity index (χ0v) is 13.3. The van der Waals surface area contributed by atoms with Crippen LogP contribution in [0.5, 0.6) is 0 Å². The lowest BCUT2D eigenvalue weighted by Crippen LogP contribution is -2.38. The van der Waals surface area contributed by atoms with Crippen LogP contribution >= 0.6 is 0 Å². The normalized spacial score (nSPS) is 26.5. The molecule has 0 aliphatic carbocycles. The largest absolute Gasteiger partial charge is 0.459 e. The van der Waals surface area contributed by atoms with Gasteiger partial charge in [0.15, 0.2) is 5.60 Å².